The van der Waals surface area contributed by atoms with Crippen LogP contribution in [0.2, 0.25) is 0 Å². The number of urea groups is 1. The summed E-state index contributed by atoms with van der Waals surface area (Å²) >= 11 is 0. The third-order valence-electron chi connectivity index (χ3n) is 3.43. The molecular weight excluding hydrogens is 272 g/mol. The van der Waals surface area contributed by atoms with Crippen molar-refractivity contribution in [3.8, 4) is 6.07 Å². The van der Waals surface area contributed by atoms with Crippen molar-refractivity contribution in [2.75, 3.05) is 13.2 Å². The molecule has 7 nitrogen and oxygen atoms in total. The number of nitriles is 1. The molecule has 0 aromatic rings. The van der Waals surface area contributed by atoms with E-state index in [1.165, 1.54) is 0 Å². The second-order valence-corrected chi connectivity index (χ2v) is 5.19. The fourth-order valence-corrected chi connectivity index (χ4v) is 2.06. The summed E-state index contributed by atoms with van der Waals surface area (Å²) in [6.07, 6.45) is 2.98. The summed E-state index contributed by atoms with van der Waals surface area (Å²) in [5.74, 6) is -0.288. The largest absolute Gasteiger partial charge is 0.376 e. The van der Waals surface area contributed by atoms with Crippen LogP contribution in [0.4, 0.5) is 4.79 Å². The first kappa shape index (κ1) is 17.2. The number of nitrogens with zero attached hydrogens (tertiary/aromatic N) is 1. The first-order valence-electron chi connectivity index (χ1n) is 7.40. The molecule has 0 aromatic heterocycles. The van der Waals surface area contributed by atoms with Crippen LogP contribution in [0.3, 0.4) is 0 Å². The van der Waals surface area contributed by atoms with Crippen LogP contribution in [0.15, 0.2) is 0 Å². The van der Waals surface area contributed by atoms with Gasteiger partial charge >= 0.3 is 6.03 Å². The Labute approximate surface area is 125 Å². The fraction of sp³-hybridized carbons (Fsp3) is 0.786. The molecule has 1 rings (SSSR count). The van der Waals surface area contributed by atoms with E-state index in [0.29, 0.717) is 13.0 Å². The van der Waals surface area contributed by atoms with Gasteiger partial charge in [-0.15, -0.1) is 0 Å². The van der Waals surface area contributed by atoms with E-state index in [0.717, 1.165) is 19.4 Å². The van der Waals surface area contributed by atoms with Gasteiger partial charge in [-0.05, 0) is 26.2 Å². The van der Waals surface area contributed by atoms with Gasteiger partial charge in [0.15, 0.2) is 0 Å². The smallest absolute Gasteiger partial charge is 0.315 e. The molecule has 2 unspecified atom stereocenters. The molecule has 0 saturated carbocycles. The normalized spacial score (nSPS) is 20.1. The van der Waals surface area contributed by atoms with Gasteiger partial charge in [-0.3, -0.25) is 4.79 Å². The predicted octanol–water partition coefficient (Wildman–Crippen LogP) is 0.662. The van der Waals surface area contributed by atoms with E-state index in [2.05, 4.69) is 16.0 Å². The van der Waals surface area contributed by atoms with Crippen molar-refractivity contribution in [3.05, 3.63) is 0 Å². The lowest BCUT2D eigenvalue weighted by atomic mass is 10.1. The predicted molar refractivity (Wildman–Crippen MR) is 77.4 cm³/mol. The second-order valence-electron chi connectivity index (χ2n) is 5.19. The minimum Gasteiger partial charge on any atom is -0.376 e. The Morgan fingerprint density at radius 1 is 1.43 bits per heavy atom. The minimum atomic E-state index is -0.651. The maximum absolute atomic E-state index is 11.9. The zero-order chi connectivity index (χ0) is 15.7. The summed E-state index contributed by atoms with van der Waals surface area (Å²) < 4.78 is 5.40. The van der Waals surface area contributed by atoms with Crippen LogP contribution in [0.5, 0.6) is 0 Å². The van der Waals surface area contributed by atoms with Gasteiger partial charge in [0.2, 0.25) is 5.91 Å². The van der Waals surface area contributed by atoms with Crippen molar-refractivity contribution in [1.29, 1.82) is 5.26 Å². The Balaban J connectivity index is 2.26. The van der Waals surface area contributed by atoms with Crippen molar-refractivity contribution < 1.29 is 14.3 Å². The maximum Gasteiger partial charge on any atom is 0.315 e. The highest BCUT2D eigenvalue weighted by Gasteiger charge is 2.20. The summed E-state index contributed by atoms with van der Waals surface area (Å²) in [6, 6.07) is 0.810. The molecule has 0 aromatic carbocycles. The molecule has 0 radical (unpaired) electrons. The molecule has 1 saturated heterocycles. The third-order valence-corrected chi connectivity index (χ3v) is 3.43. The van der Waals surface area contributed by atoms with Gasteiger partial charge in [-0.2, -0.15) is 5.26 Å². The van der Waals surface area contributed by atoms with Crippen LogP contribution in [-0.2, 0) is 9.53 Å². The summed E-state index contributed by atoms with van der Waals surface area (Å²) in [5.41, 5.74) is 0. The minimum absolute atomic E-state index is 0.0694. The van der Waals surface area contributed by atoms with Crippen LogP contribution in [0, 0.1) is 11.3 Å². The lowest BCUT2D eigenvalue weighted by Gasteiger charge is -2.19. The summed E-state index contributed by atoms with van der Waals surface area (Å²) in [5, 5.41) is 16.7. The molecule has 1 heterocycles. The topological polar surface area (TPSA) is 103 Å². The molecule has 0 spiro atoms. The van der Waals surface area contributed by atoms with Gasteiger partial charge in [-0.25, -0.2) is 4.79 Å². The van der Waals surface area contributed by atoms with Crippen LogP contribution in [-0.4, -0.2) is 43.3 Å². The Kier molecular flexibility index (Phi) is 7.54. The average Bonchev–Trinajstić information content (AvgIpc) is 2.97. The summed E-state index contributed by atoms with van der Waals surface area (Å²) in [7, 11) is 0. The van der Waals surface area contributed by atoms with Gasteiger partial charge in [0, 0.05) is 19.2 Å². The molecule has 7 heteroatoms. The standard InChI is InChI=1S/C14H24N4O3/c1-3-11(6-7-15)18-13(19)10(2)17-14(20)16-9-12-5-4-8-21-12/h10-12H,3-6,8-9H2,1-2H3,(H,18,19)(H2,16,17,20)/t10-,11?,12?/m0/s1. The molecule has 21 heavy (non-hydrogen) atoms. The van der Waals surface area contributed by atoms with E-state index < -0.39 is 6.04 Å². The van der Waals surface area contributed by atoms with E-state index in [4.69, 9.17) is 10.00 Å². The van der Waals surface area contributed by atoms with Crippen LogP contribution in [0.25, 0.3) is 0 Å². The van der Waals surface area contributed by atoms with Gasteiger partial charge in [-0.1, -0.05) is 6.92 Å². The Hall–Kier alpha value is -1.81. The van der Waals surface area contributed by atoms with Crippen molar-refractivity contribution in [2.45, 2.75) is 57.7 Å². The molecule has 118 valence electrons. The summed E-state index contributed by atoms with van der Waals surface area (Å²) in [6.45, 7) is 4.70. The Morgan fingerprint density at radius 2 is 2.19 bits per heavy atom. The third kappa shape index (κ3) is 6.45. The van der Waals surface area contributed by atoms with E-state index in [1.807, 2.05) is 13.0 Å². The Morgan fingerprint density at radius 3 is 2.76 bits per heavy atom. The molecule has 3 atom stereocenters. The van der Waals surface area contributed by atoms with Crippen LogP contribution < -0.4 is 16.0 Å². The fourth-order valence-electron chi connectivity index (χ4n) is 2.06. The zero-order valence-corrected chi connectivity index (χ0v) is 12.6. The van der Waals surface area contributed by atoms with Crippen molar-refractivity contribution in [3.63, 3.8) is 0 Å². The number of nitrogens with one attached hydrogen (secondary N) is 3. The number of ether oxygens (including phenoxy) is 1. The average molecular weight is 296 g/mol. The van der Waals surface area contributed by atoms with E-state index in [-0.39, 0.29) is 30.5 Å². The molecule has 3 N–H and O–H groups in total. The quantitative estimate of drug-likeness (QED) is 0.642. The maximum atomic E-state index is 11.9. The lowest BCUT2D eigenvalue weighted by Crippen LogP contribution is -2.51. The van der Waals surface area contributed by atoms with Crippen LogP contribution >= 0.6 is 0 Å². The highest BCUT2D eigenvalue weighted by Crippen LogP contribution is 2.10. The molecular formula is C14H24N4O3. The molecule has 0 aliphatic carbocycles. The molecule has 0 bridgehead atoms. The van der Waals surface area contributed by atoms with Crippen molar-refractivity contribution in [2.24, 2.45) is 0 Å². The van der Waals surface area contributed by atoms with Gasteiger partial charge < -0.3 is 20.7 Å². The number of hydrogen-bond acceptors (Lipinski definition) is 4. The monoisotopic (exact) mass is 296 g/mol. The number of rotatable bonds is 7. The number of hydrogen-bond donors (Lipinski definition) is 3. The second kappa shape index (κ2) is 9.19. The Bertz CT molecular complexity index is 388. The van der Waals surface area contributed by atoms with Crippen molar-refractivity contribution in [1.82, 2.24) is 16.0 Å². The first-order chi connectivity index (χ1) is 10.1. The number of carbonyl (C=O) groups is 2. The molecule has 3 amide bonds. The SMILES string of the molecule is CCC(CC#N)NC(=O)[C@H](C)NC(=O)NCC1CCCO1. The van der Waals surface area contributed by atoms with Crippen molar-refractivity contribution >= 4 is 11.9 Å². The molecule has 1 fully saturated rings. The summed E-state index contributed by atoms with van der Waals surface area (Å²) in [4.78, 5) is 23.6. The van der Waals surface area contributed by atoms with E-state index in [1.54, 1.807) is 6.92 Å². The highest BCUT2D eigenvalue weighted by atomic mass is 16.5. The van der Waals surface area contributed by atoms with Gasteiger partial charge in [0.1, 0.15) is 6.04 Å². The number of carbonyl (C=O) groups excluding carboxylic acids is 2. The first-order valence-corrected chi connectivity index (χ1v) is 7.40. The van der Waals surface area contributed by atoms with E-state index in [9.17, 15) is 9.59 Å². The lowest BCUT2D eigenvalue weighted by molar-refractivity contribution is -0.123. The molecule has 1 aliphatic rings. The molecule has 1 aliphatic heterocycles. The zero-order valence-electron chi connectivity index (χ0n) is 12.6. The van der Waals surface area contributed by atoms with Gasteiger partial charge in [0.05, 0.1) is 18.6 Å². The highest BCUT2D eigenvalue weighted by molar-refractivity contribution is 5.86. The van der Waals surface area contributed by atoms with Gasteiger partial charge in [0.25, 0.3) is 0 Å². The van der Waals surface area contributed by atoms with E-state index >= 15 is 0 Å². The van der Waals surface area contributed by atoms with Crippen LogP contribution in [0.1, 0.15) is 39.5 Å². The number of amides is 3.